The van der Waals surface area contributed by atoms with Crippen molar-refractivity contribution in [3.8, 4) is 11.5 Å². The van der Waals surface area contributed by atoms with Crippen molar-refractivity contribution in [3.63, 3.8) is 0 Å². The van der Waals surface area contributed by atoms with Crippen LogP contribution in [-0.4, -0.2) is 17.1 Å². The maximum absolute atomic E-state index is 5.82. The van der Waals surface area contributed by atoms with E-state index in [0.717, 1.165) is 16.3 Å². The van der Waals surface area contributed by atoms with Gasteiger partial charge in [-0.05, 0) is 23.8 Å². The van der Waals surface area contributed by atoms with Crippen molar-refractivity contribution >= 4 is 28.1 Å². The first kappa shape index (κ1) is 16.5. The summed E-state index contributed by atoms with van der Waals surface area (Å²) >= 11 is 7.35. The van der Waals surface area contributed by atoms with E-state index in [1.807, 2.05) is 29.6 Å². The average Bonchev–Trinajstić information content (AvgIpc) is 3.13. The molecule has 0 fully saturated rings. The molecule has 0 saturated heterocycles. The molecule has 0 aliphatic rings. The zero-order valence-corrected chi connectivity index (χ0v) is 14.6. The van der Waals surface area contributed by atoms with Crippen LogP contribution in [0.1, 0.15) is 11.1 Å². The number of benzene rings is 1. The van der Waals surface area contributed by atoms with E-state index in [1.165, 1.54) is 0 Å². The van der Waals surface area contributed by atoms with Crippen molar-refractivity contribution in [1.82, 2.24) is 9.97 Å². The third-order valence-electron chi connectivity index (χ3n) is 3.29. The smallest absolute Gasteiger partial charge is 0.182 e. The van der Waals surface area contributed by atoms with E-state index in [9.17, 15) is 0 Å². The first-order valence-electron chi connectivity index (χ1n) is 7.28. The lowest BCUT2D eigenvalue weighted by Crippen LogP contribution is -2.01. The number of rotatable bonds is 7. The van der Waals surface area contributed by atoms with Gasteiger partial charge >= 0.3 is 0 Å². The van der Waals surface area contributed by atoms with Crippen LogP contribution in [0.25, 0.3) is 0 Å². The normalized spacial score (nSPS) is 10.4. The van der Waals surface area contributed by atoms with Crippen LogP contribution in [-0.2, 0) is 13.2 Å². The number of nitrogens with one attached hydrogen (secondary N) is 1. The van der Waals surface area contributed by atoms with Crippen LogP contribution < -0.4 is 14.8 Å². The second-order valence-corrected chi connectivity index (χ2v) is 6.24. The minimum Gasteiger partial charge on any atom is -0.493 e. The largest absolute Gasteiger partial charge is 0.493 e. The van der Waals surface area contributed by atoms with Gasteiger partial charge in [0.2, 0.25) is 0 Å². The fourth-order valence-corrected chi connectivity index (χ4v) is 2.72. The molecule has 3 aromatic rings. The van der Waals surface area contributed by atoms with Gasteiger partial charge in [-0.25, -0.2) is 9.97 Å². The number of halogens is 1. The van der Waals surface area contributed by atoms with Gasteiger partial charge in [-0.1, -0.05) is 23.7 Å². The summed E-state index contributed by atoms with van der Waals surface area (Å²) in [6.45, 7) is 1.07. The monoisotopic (exact) mass is 361 g/mol. The molecule has 5 nitrogen and oxygen atoms in total. The minimum atomic E-state index is 0.400. The fraction of sp³-hybridized carbons (Fsp3) is 0.176. The van der Waals surface area contributed by atoms with Crippen LogP contribution in [0.5, 0.6) is 11.5 Å². The second kappa shape index (κ2) is 7.99. The maximum atomic E-state index is 5.82. The molecule has 0 radical (unpaired) electrons. The van der Waals surface area contributed by atoms with E-state index in [4.69, 9.17) is 21.1 Å². The van der Waals surface area contributed by atoms with Gasteiger partial charge in [0.25, 0.3) is 0 Å². The summed E-state index contributed by atoms with van der Waals surface area (Å²) < 4.78 is 11.2. The first-order valence-corrected chi connectivity index (χ1v) is 8.54. The predicted molar refractivity (Wildman–Crippen MR) is 96.0 cm³/mol. The van der Waals surface area contributed by atoms with Gasteiger partial charge in [0.1, 0.15) is 11.8 Å². The molecule has 2 aromatic heterocycles. The van der Waals surface area contributed by atoms with E-state index in [0.29, 0.717) is 29.8 Å². The molecule has 0 aliphatic carbocycles. The molecular weight excluding hydrogens is 346 g/mol. The Kier molecular flexibility index (Phi) is 5.51. The molecular formula is C17H16ClN3O2S. The summed E-state index contributed by atoms with van der Waals surface area (Å²) in [6.07, 6.45) is 3.47. The Morgan fingerprint density at radius 3 is 2.71 bits per heavy atom. The summed E-state index contributed by atoms with van der Waals surface area (Å²) in [5.74, 6) is 1.38. The van der Waals surface area contributed by atoms with Crippen molar-refractivity contribution in [2.24, 2.45) is 0 Å². The molecule has 1 aromatic carbocycles. The Labute approximate surface area is 149 Å². The fourth-order valence-electron chi connectivity index (χ4n) is 2.08. The lowest BCUT2D eigenvalue weighted by Gasteiger charge is -2.12. The van der Waals surface area contributed by atoms with Crippen molar-refractivity contribution in [3.05, 3.63) is 64.4 Å². The highest BCUT2D eigenvalue weighted by Crippen LogP contribution is 2.29. The van der Waals surface area contributed by atoms with Crippen LogP contribution >= 0.6 is 22.9 Å². The van der Waals surface area contributed by atoms with Gasteiger partial charge in [0.05, 0.1) is 7.11 Å². The topological polar surface area (TPSA) is 56.3 Å². The molecule has 3 rings (SSSR count). The van der Waals surface area contributed by atoms with E-state index in [1.54, 1.807) is 36.9 Å². The predicted octanol–water partition coefficient (Wildman–Crippen LogP) is 4.39. The van der Waals surface area contributed by atoms with E-state index >= 15 is 0 Å². The Morgan fingerprint density at radius 1 is 1.12 bits per heavy atom. The molecule has 24 heavy (non-hydrogen) atoms. The molecule has 0 saturated carbocycles. The molecule has 124 valence electrons. The number of anilines is 1. The second-order valence-electron chi connectivity index (χ2n) is 4.95. The lowest BCUT2D eigenvalue weighted by molar-refractivity contribution is 0.284. The number of pyridine rings is 1. The Bertz CT molecular complexity index is 779. The number of aromatic nitrogens is 2. The molecule has 1 N–H and O–H groups in total. The van der Waals surface area contributed by atoms with Crippen molar-refractivity contribution in [2.45, 2.75) is 13.2 Å². The van der Waals surface area contributed by atoms with Crippen molar-refractivity contribution < 1.29 is 9.47 Å². The van der Waals surface area contributed by atoms with Crippen LogP contribution in [0, 0.1) is 0 Å². The van der Waals surface area contributed by atoms with Gasteiger partial charge in [-0.2, -0.15) is 0 Å². The van der Waals surface area contributed by atoms with Crippen LogP contribution in [0.15, 0.2) is 48.1 Å². The molecule has 0 spiro atoms. The summed E-state index contributed by atoms with van der Waals surface area (Å²) in [7, 11) is 1.63. The summed E-state index contributed by atoms with van der Waals surface area (Å²) in [5, 5.41) is 6.56. The van der Waals surface area contributed by atoms with Crippen LogP contribution in [0.2, 0.25) is 5.15 Å². The number of methoxy groups -OCH3 is 1. The summed E-state index contributed by atoms with van der Waals surface area (Å²) in [5.41, 5.74) is 2.03. The van der Waals surface area contributed by atoms with Gasteiger partial charge in [0, 0.05) is 29.9 Å². The Balaban J connectivity index is 1.63. The van der Waals surface area contributed by atoms with Gasteiger partial charge in [-0.3, -0.25) is 0 Å². The number of ether oxygens (including phenoxy) is 2. The van der Waals surface area contributed by atoms with Crippen LogP contribution in [0.3, 0.4) is 0 Å². The zero-order valence-electron chi connectivity index (χ0n) is 13.0. The highest BCUT2D eigenvalue weighted by molar-refractivity contribution is 7.13. The molecule has 0 unspecified atom stereocenters. The maximum Gasteiger partial charge on any atom is 0.182 e. The Morgan fingerprint density at radius 2 is 2.00 bits per heavy atom. The Hall–Kier alpha value is -2.31. The molecule has 0 aliphatic heterocycles. The quantitative estimate of drug-likeness (QED) is 0.632. The van der Waals surface area contributed by atoms with Gasteiger partial charge in [0.15, 0.2) is 16.6 Å². The third kappa shape index (κ3) is 4.37. The summed E-state index contributed by atoms with van der Waals surface area (Å²) in [6, 6.07) is 9.48. The van der Waals surface area contributed by atoms with E-state index in [2.05, 4.69) is 15.3 Å². The zero-order chi connectivity index (χ0) is 16.8. The molecule has 0 atom stereocenters. The van der Waals surface area contributed by atoms with Gasteiger partial charge in [-0.15, -0.1) is 11.3 Å². The molecule has 0 amide bonds. The van der Waals surface area contributed by atoms with E-state index in [-0.39, 0.29) is 0 Å². The number of nitrogens with zero attached hydrogens (tertiary/aromatic N) is 2. The highest BCUT2D eigenvalue weighted by Gasteiger charge is 2.07. The molecule has 2 heterocycles. The first-order chi connectivity index (χ1) is 11.7. The molecule has 0 bridgehead atoms. The number of thiazole rings is 1. The van der Waals surface area contributed by atoms with Gasteiger partial charge < -0.3 is 14.8 Å². The average molecular weight is 362 g/mol. The molecule has 7 heteroatoms. The lowest BCUT2D eigenvalue weighted by atomic mass is 10.2. The van der Waals surface area contributed by atoms with Crippen molar-refractivity contribution in [2.75, 3.05) is 12.4 Å². The third-order valence-corrected chi connectivity index (χ3v) is 4.24. The minimum absolute atomic E-state index is 0.400. The van der Waals surface area contributed by atoms with Crippen molar-refractivity contribution in [1.29, 1.82) is 0 Å². The van der Waals surface area contributed by atoms with E-state index < -0.39 is 0 Å². The SMILES string of the molecule is COc1cc(CNc2nccs2)ccc1OCc1ccc(Cl)nc1. The summed E-state index contributed by atoms with van der Waals surface area (Å²) in [4.78, 5) is 8.23. The standard InChI is InChI=1S/C17H16ClN3O2S/c1-22-15-8-12(9-21-17-19-6-7-24-17)2-4-14(15)23-11-13-3-5-16(18)20-10-13/h2-8,10H,9,11H2,1H3,(H,19,21). The number of hydrogen-bond acceptors (Lipinski definition) is 6. The van der Waals surface area contributed by atoms with Crippen LogP contribution in [0.4, 0.5) is 5.13 Å². The highest BCUT2D eigenvalue weighted by atomic mass is 35.5. The number of hydrogen-bond donors (Lipinski definition) is 1.